The highest BCUT2D eigenvalue weighted by molar-refractivity contribution is 5.92. The Hall–Kier alpha value is -2.15. The van der Waals surface area contributed by atoms with Gasteiger partial charge in [-0.15, -0.1) is 0 Å². The van der Waals surface area contributed by atoms with Crippen molar-refractivity contribution in [1.82, 2.24) is 25.1 Å². The second kappa shape index (κ2) is 7.00. The molecule has 2 aliphatic carbocycles. The Morgan fingerprint density at radius 3 is 2.96 bits per heavy atom. The van der Waals surface area contributed by atoms with Crippen LogP contribution in [0.5, 0.6) is 0 Å². The Labute approximate surface area is 146 Å². The van der Waals surface area contributed by atoms with E-state index in [9.17, 15) is 9.90 Å². The molecule has 0 spiro atoms. The van der Waals surface area contributed by atoms with Crippen LogP contribution in [0, 0.1) is 5.92 Å². The molecule has 2 aromatic rings. The van der Waals surface area contributed by atoms with Gasteiger partial charge in [0, 0.05) is 30.6 Å². The number of H-pyrrole nitrogens is 1. The van der Waals surface area contributed by atoms with Crippen molar-refractivity contribution >= 4 is 5.91 Å². The number of carbonyl (C=O) groups excluding carboxylic acids is 1. The summed E-state index contributed by atoms with van der Waals surface area (Å²) in [7, 11) is 0. The summed E-state index contributed by atoms with van der Waals surface area (Å²) in [6.45, 7) is 0.487. The second-order valence-corrected chi connectivity index (χ2v) is 7.32. The first-order chi connectivity index (χ1) is 12.2. The van der Waals surface area contributed by atoms with Crippen LogP contribution < -0.4 is 5.32 Å². The van der Waals surface area contributed by atoms with Crippen LogP contribution in [-0.2, 0) is 0 Å². The van der Waals surface area contributed by atoms with Crippen molar-refractivity contribution < 1.29 is 9.90 Å². The number of aliphatic hydroxyl groups excluding tert-OH is 1. The van der Waals surface area contributed by atoms with Crippen molar-refractivity contribution in [3.63, 3.8) is 0 Å². The maximum absolute atomic E-state index is 12.6. The summed E-state index contributed by atoms with van der Waals surface area (Å²) in [5, 5.41) is 20.1. The Kier molecular flexibility index (Phi) is 4.57. The highest BCUT2D eigenvalue weighted by atomic mass is 16.3. The molecule has 0 unspecified atom stereocenters. The summed E-state index contributed by atoms with van der Waals surface area (Å²) < 4.78 is 2.12. The number of carbonyl (C=O) groups is 1. The molecule has 1 amide bonds. The summed E-state index contributed by atoms with van der Waals surface area (Å²) >= 11 is 0. The fourth-order valence-corrected chi connectivity index (χ4v) is 4.36. The van der Waals surface area contributed by atoms with Gasteiger partial charge in [-0.1, -0.05) is 12.8 Å². The van der Waals surface area contributed by atoms with E-state index < -0.39 is 6.10 Å². The van der Waals surface area contributed by atoms with Gasteiger partial charge in [0.25, 0.3) is 5.91 Å². The monoisotopic (exact) mass is 343 g/mol. The minimum atomic E-state index is -0.419. The van der Waals surface area contributed by atoms with Crippen LogP contribution in [0.25, 0.3) is 0 Å². The number of aromatic nitrogens is 4. The third-order valence-corrected chi connectivity index (χ3v) is 5.73. The van der Waals surface area contributed by atoms with E-state index in [1.807, 2.05) is 18.3 Å². The molecule has 3 N–H and O–H groups in total. The predicted molar refractivity (Wildman–Crippen MR) is 92.1 cm³/mol. The molecule has 2 aliphatic rings. The van der Waals surface area contributed by atoms with Gasteiger partial charge in [0.1, 0.15) is 17.8 Å². The Balaban J connectivity index is 1.35. The first kappa shape index (κ1) is 16.3. The minimum absolute atomic E-state index is 0.0489. The van der Waals surface area contributed by atoms with E-state index in [1.165, 1.54) is 19.2 Å². The molecule has 0 aliphatic heterocycles. The molecule has 134 valence electrons. The van der Waals surface area contributed by atoms with Gasteiger partial charge in [-0.05, 0) is 37.8 Å². The standard InChI is InChI=1S/C18H25N5O2/c24-16-9-12(17-20-11-21-22-17)8-13(16)10-19-18(25)15-6-3-7-23(15)14-4-1-2-5-14/h3,6-7,11-14,16,24H,1-2,4-5,8-10H2,(H,19,25)(H,20,21,22)/t12-,13+,16+/m1/s1. The van der Waals surface area contributed by atoms with E-state index in [0.717, 1.165) is 30.8 Å². The molecule has 7 nitrogen and oxygen atoms in total. The van der Waals surface area contributed by atoms with Gasteiger partial charge in [0.2, 0.25) is 0 Å². The van der Waals surface area contributed by atoms with Gasteiger partial charge >= 0.3 is 0 Å². The van der Waals surface area contributed by atoms with E-state index >= 15 is 0 Å². The van der Waals surface area contributed by atoms with Gasteiger partial charge < -0.3 is 15.0 Å². The molecule has 25 heavy (non-hydrogen) atoms. The van der Waals surface area contributed by atoms with Gasteiger partial charge in [0.05, 0.1) is 6.10 Å². The number of hydrogen-bond donors (Lipinski definition) is 3. The normalized spacial score (nSPS) is 27.0. The average Bonchev–Trinajstić information content (AvgIpc) is 3.39. The van der Waals surface area contributed by atoms with Crippen LogP contribution in [-0.4, -0.2) is 43.4 Å². The van der Waals surface area contributed by atoms with Crippen LogP contribution in [0.4, 0.5) is 0 Å². The Bertz CT molecular complexity index is 705. The molecular formula is C18H25N5O2. The van der Waals surface area contributed by atoms with Crippen molar-refractivity contribution in [2.75, 3.05) is 6.54 Å². The first-order valence-electron chi connectivity index (χ1n) is 9.20. The third-order valence-electron chi connectivity index (χ3n) is 5.73. The Morgan fingerprint density at radius 1 is 1.36 bits per heavy atom. The maximum Gasteiger partial charge on any atom is 0.267 e. The van der Waals surface area contributed by atoms with Crippen LogP contribution >= 0.6 is 0 Å². The van der Waals surface area contributed by atoms with Crippen LogP contribution in [0.2, 0.25) is 0 Å². The molecule has 2 aromatic heterocycles. The topological polar surface area (TPSA) is 95.8 Å². The minimum Gasteiger partial charge on any atom is -0.393 e. The summed E-state index contributed by atoms with van der Waals surface area (Å²) in [6.07, 6.45) is 9.32. The SMILES string of the molecule is O=C(NC[C@@H]1C[C@@H](c2ncn[nH]2)C[C@@H]1O)c1cccn1C1CCCC1. The fourth-order valence-electron chi connectivity index (χ4n) is 4.36. The number of nitrogens with one attached hydrogen (secondary N) is 2. The van der Waals surface area contributed by atoms with E-state index in [1.54, 1.807) is 0 Å². The van der Waals surface area contributed by atoms with Crippen molar-refractivity contribution in [3.05, 3.63) is 36.2 Å². The first-order valence-corrected chi connectivity index (χ1v) is 9.20. The number of hydrogen-bond acceptors (Lipinski definition) is 4. The zero-order valence-corrected chi connectivity index (χ0v) is 14.3. The predicted octanol–water partition coefficient (Wildman–Crippen LogP) is 2.01. The molecule has 0 bridgehead atoms. The van der Waals surface area contributed by atoms with Gasteiger partial charge in [-0.3, -0.25) is 9.89 Å². The van der Waals surface area contributed by atoms with Gasteiger partial charge in [-0.2, -0.15) is 5.10 Å². The zero-order chi connectivity index (χ0) is 17.2. The highest BCUT2D eigenvalue weighted by Gasteiger charge is 2.35. The summed E-state index contributed by atoms with van der Waals surface area (Å²) in [6, 6.07) is 4.27. The number of amides is 1. The molecule has 2 heterocycles. The number of nitrogens with zero attached hydrogens (tertiary/aromatic N) is 3. The fraction of sp³-hybridized carbons (Fsp3) is 0.611. The van der Waals surface area contributed by atoms with Gasteiger partial charge in [0.15, 0.2) is 0 Å². The highest BCUT2D eigenvalue weighted by Crippen LogP contribution is 2.36. The average molecular weight is 343 g/mol. The Morgan fingerprint density at radius 2 is 2.20 bits per heavy atom. The van der Waals surface area contributed by atoms with Crippen molar-refractivity contribution in [1.29, 1.82) is 0 Å². The molecule has 0 radical (unpaired) electrons. The lowest BCUT2D eigenvalue weighted by molar-refractivity contribution is 0.0905. The quantitative estimate of drug-likeness (QED) is 0.774. The maximum atomic E-state index is 12.6. The lowest BCUT2D eigenvalue weighted by Gasteiger charge is -2.18. The number of aliphatic hydroxyl groups is 1. The number of rotatable bonds is 5. The molecule has 2 saturated carbocycles. The molecule has 0 saturated heterocycles. The largest absolute Gasteiger partial charge is 0.393 e. The molecular weight excluding hydrogens is 318 g/mol. The molecule has 3 atom stereocenters. The summed E-state index contributed by atoms with van der Waals surface area (Å²) in [5.74, 6) is 1.01. The van der Waals surface area contributed by atoms with Crippen molar-refractivity contribution in [2.45, 2.75) is 56.6 Å². The summed E-state index contributed by atoms with van der Waals surface area (Å²) in [4.78, 5) is 16.8. The van der Waals surface area contributed by atoms with E-state index in [2.05, 4.69) is 25.1 Å². The van der Waals surface area contributed by atoms with E-state index in [0.29, 0.717) is 19.0 Å². The molecule has 2 fully saturated rings. The van der Waals surface area contributed by atoms with Crippen LogP contribution in [0.15, 0.2) is 24.7 Å². The molecule has 7 heteroatoms. The van der Waals surface area contributed by atoms with Crippen molar-refractivity contribution in [3.8, 4) is 0 Å². The second-order valence-electron chi connectivity index (χ2n) is 7.32. The summed E-state index contributed by atoms with van der Waals surface area (Å²) in [5.41, 5.74) is 0.728. The van der Waals surface area contributed by atoms with Crippen LogP contribution in [0.1, 0.15) is 66.8 Å². The van der Waals surface area contributed by atoms with E-state index in [-0.39, 0.29) is 17.7 Å². The van der Waals surface area contributed by atoms with Crippen molar-refractivity contribution in [2.24, 2.45) is 5.92 Å². The lowest BCUT2D eigenvalue weighted by atomic mass is 10.0. The van der Waals surface area contributed by atoms with Gasteiger partial charge in [-0.25, -0.2) is 4.98 Å². The number of aromatic amines is 1. The zero-order valence-electron chi connectivity index (χ0n) is 14.3. The van der Waals surface area contributed by atoms with E-state index in [4.69, 9.17) is 0 Å². The van der Waals surface area contributed by atoms with Crippen LogP contribution in [0.3, 0.4) is 0 Å². The molecule has 0 aromatic carbocycles. The third kappa shape index (κ3) is 3.33. The molecule has 4 rings (SSSR count). The smallest absolute Gasteiger partial charge is 0.267 e. The lowest BCUT2D eigenvalue weighted by Crippen LogP contribution is -2.33.